The molecule has 2 aliphatic rings. The number of fused-ring (bicyclic) bond motifs is 1. The number of hydrogen-bond acceptors (Lipinski definition) is 4. The lowest BCUT2D eigenvalue weighted by atomic mass is 10.1. The molecule has 0 bridgehead atoms. The molecular formula is C16H18N4O2S. The Hall–Kier alpha value is -2.02. The van der Waals surface area contributed by atoms with Gasteiger partial charge in [-0.25, -0.2) is 4.98 Å². The number of aryl methyl sites for hydroxylation is 1. The van der Waals surface area contributed by atoms with Crippen LogP contribution < -0.4 is 5.56 Å². The Balaban J connectivity index is 1.69. The summed E-state index contributed by atoms with van der Waals surface area (Å²) in [7, 11) is 1.99. The van der Waals surface area contributed by atoms with Crippen molar-refractivity contribution in [2.24, 2.45) is 7.05 Å². The van der Waals surface area contributed by atoms with E-state index in [2.05, 4.69) is 4.98 Å². The average molecular weight is 330 g/mol. The van der Waals surface area contributed by atoms with Gasteiger partial charge >= 0.3 is 0 Å². The predicted molar refractivity (Wildman–Crippen MR) is 87.6 cm³/mol. The number of likely N-dealkylation sites (tertiary alicyclic amines) is 1. The van der Waals surface area contributed by atoms with Gasteiger partial charge < -0.3 is 9.47 Å². The summed E-state index contributed by atoms with van der Waals surface area (Å²) in [5.74, 6) is 0.647. The van der Waals surface area contributed by atoms with E-state index in [0.29, 0.717) is 18.2 Å². The molecule has 2 aliphatic heterocycles. The van der Waals surface area contributed by atoms with Gasteiger partial charge in [0.2, 0.25) is 0 Å². The normalized spacial score (nSPS) is 20.0. The molecule has 120 valence electrons. The lowest BCUT2D eigenvalue weighted by Crippen LogP contribution is -2.37. The zero-order valence-corrected chi connectivity index (χ0v) is 13.8. The van der Waals surface area contributed by atoms with Crippen molar-refractivity contribution < 1.29 is 4.79 Å². The van der Waals surface area contributed by atoms with Crippen molar-refractivity contribution in [1.29, 1.82) is 0 Å². The van der Waals surface area contributed by atoms with E-state index in [1.165, 1.54) is 6.20 Å². The molecule has 0 radical (unpaired) electrons. The molecular weight excluding hydrogens is 312 g/mol. The van der Waals surface area contributed by atoms with E-state index in [-0.39, 0.29) is 23.1 Å². The third-order valence-corrected chi connectivity index (χ3v) is 5.60. The minimum absolute atomic E-state index is 0.0366. The van der Waals surface area contributed by atoms with Gasteiger partial charge in [0, 0.05) is 44.0 Å². The average Bonchev–Trinajstić information content (AvgIpc) is 3.26. The van der Waals surface area contributed by atoms with Crippen LogP contribution in [0.3, 0.4) is 0 Å². The second kappa shape index (κ2) is 5.56. The minimum atomic E-state index is -0.206. The third-order valence-electron chi connectivity index (χ3n) is 4.63. The molecule has 2 aromatic heterocycles. The van der Waals surface area contributed by atoms with E-state index in [4.69, 9.17) is 0 Å². The van der Waals surface area contributed by atoms with Gasteiger partial charge in [0.1, 0.15) is 5.56 Å². The van der Waals surface area contributed by atoms with Crippen LogP contribution in [0.15, 0.2) is 34.5 Å². The van der Waals surface area contributed by atoms with Gasteiger partial charge in [-0.3, -0.25) is 14.2 Å². The fourth-order valence-corrected chi connectivity index (χ4v) is 4.37. The van der Waals surface area contributed by atoms with Crippen LogP contribution in [0.25, 0.3) is 0 Å². The van der Waals surface area contributed by atoms with Crippen molar-refractivity contribution >= 4 is 17.7 Å². The van der Waals surface area contributed by atoms with Crippen LogP contribution in [0.4, 0.5) is 0 Å². The first-order chi connectivity index (χ1) is 11.2. The molecule has 0 aliphatic carbocycles. The minimum Gasteiger partial charge on any atom is -0.353 e. The van der Waals surface area contributed by atoms with Gasteiger partial charge in [0.25, 0.3) is 11.5 Å². The highest BCUT2D eigenvalue weighted by Gasteiger charge is 2.33. The van der Waals surface area contributed by atoms with E-state index < -0.39 is 0 Å². The smallest absolute Gasteiger partial charge is 0.267 e. The Labute approximate surface area is 138 Å². The third kappa shape index (κ3) is 2.30. The van der Waals surface area contributed by atoms with E-state index in [1.807, 2.05) is 34.8 Å². The van der Waals surface area contributed by atoms with E-state index in [9.17, 15) is 9.59 Å². The number of amides is 1. The molecule has 4 rings (SSSR count). The van der Waals surface area contributed by atoms with E-state index in [1.54, 1.807) is 16.3 Å². The Bertz CT molecular complexity index is 826. The van der Waals surface area contributed by atoms with Crippen molar-refractivity contribution in [3.63, 3.8) is 0 Å². The molecule has 1 amide bonds. The van der Waals surface area contributed by atoms with Gasteiger partial charge in [-0.1, -0.05) is 11.8 Å². The van der Waals surface area contributed by atoms with Crippen LogP contribution in [0.1, 0.15) is 34.9 Å². The molecule has 0 N–H and O–H groups in total. The van der Waals surface area contributed by atoms with Gasteiger partial charge in [0.05, 0.1) is 6.04 Å². The standard InChI is InChI=1S/C16H18N4O2S/c1-18-6-2-4-12(18)13-5-3-7-19(13)14(21)11-10-17-16-20(15(11)22)8-9-23-16/h2,4,6,10,13H,3,5,7-9H2,1H3. The van der Waals surface area contributed by atoms with Crippen molar-refractivity contribution in [3.8, 4) is 0 Å². The first kappa shape index (κ1) is 14.6. The summed E-state index contributed by atoms with van der Waals surface area (Å²) in [4.78, 5) is 31.6. The van der Waals surface area contributed by atoms with Crippen molar-refractivity contribution in [3.05, 3.63) is 46.1 Å². The fraction of sp³-hybridized carbons (Fsp3) is 0.438. The van der Waals surface area contributed by atoms with E-state index in [0.717, 1.165) is 24.3 Å². The van der Waals surface area contributed by atoms with Crippen LogP contribution >= 0.6 is 11.8 Å². The number of rotatable bonds is 2. The maximum Gasteiger partial charge on any atom is 0.267 e. The molecule has 1 fully saturated rings. The highest BCUT2D eigenvalue weighted by Crippen LogP contribution is 2.33. The maximum absolute atomic E-state index is 12.9. The first-order valence-corrected chi connectivity index (χ1v) is 8.80. The van der Waals surface area contributed by atoms with E-state index >= 15 is 0 Å². The monoisotopic (exact) mass is 330 g/mol. The zero-order valence-electron chi connectivity index (χ0n) is 12.9. The van der Waals surface area contributed by atoms with Crippen LogP contribution in [0.2, 0.25) is 0 Å². The van der Waals surface area contributed by atoms with Gasteiger partial charge in [-0.05, 0) is 25.0 Å². The number of carbonyl (C=O) groups excluding carboxylic acids is 1. The molecule has 0 saturated carbocycles. The maximum atomic E-state index is 12.9. The topological polar surface area (TPSA) is 60.1 Å². The van der Waals surface area contributed by atoms with Gasteiger partial charge in [-0.15, -0.1) is 0 Å². The van der Waals surface area contributed by atoms with Crippen LogP contribution in [-0.4, -0.2) is 37.2 Å². The Kier molecular flexibility index (Phi) is 3.52. The molecule has 23 heavy (non-hydrogen) atoms. The van der Waals surface area contributed by atoms with Crippen LogP contribution in [0.5, 0.6) is 0 Å². The Morgan fingerprint density at radius 2 is 2.26 bits per heavy atom. The quantitative estimate of drug-likeness (QED) is 0.786. The SMILES string of the molecule is Cn1cccc1C1CCCN1C(=O)c1cnc2n(c1=O)CCS2. The van der Waals surface area contributed by atoms with Gasteiger partial charge in [0.15, 0.2) is 5.16 Å². The Morgan fingerprint density at radius 1 is 1.39 bits per heavy atom. The van der Waals surface area contributed by atoms with Crippen LogP contribution in [0, 0.1) is 0 Å². The molecule has 0 spiro atoms. The summed E-state index contributed by atoms with van der Waals surface area (Å²) >= 11 is 1.56. The summed E-state index contributed by atoms with van der Waals surface area (Å²) in [5, 5.41) is 0.715. The number of thioether (sulfide) groups is 1. The lowest BCUT2D eigenvalue weighted by molar-refractivity contribution is 0.0728. The molecule has 4 heterocycles. The molecule has 1 atom stereocenters. The summed E-state index contributed by atoms with van der Waals surface area (Å²) in [6.45, 7) is 1.32. The molecule has 0 aromatic carbocycles. The number of hydrogen-bond donors (Lipinski definition) is 0. The highest BCUT2D eigenvalue weighted by molar-refractivity contribution is 7.99. The summed E-state index contributed by atoms with van der Waals surface area (Å²) in [5.41, 5.74) is 1.10. The number of nitrogens with zero attached hydrogens (tertiary/aromatic N) is 4. The molecule has 1 saturated heterocycles. The molecule has 2 aromatic rings. The second-order valence-electron chi connectivity index (χ2n) is 5.96. The number of carbonyl (C=O) groups is 1. The fourth-order valence-electron chi connectivity index (χ4n) is 3.46. The van der Waals surface area contributed by atoms with Gasteiger partial charge in [-0.2, -0.15) is 0 Å². The summed E-state index contributed by atoms with van der Waals surface area (Å²) in [6, 6.07) is 4.06. The largest absolute Gasteiger partial charge is 0.353 e. The van der Waals surface area contributed by atoms with Crippen molar-refractivity contribution in [2.75, 3.05) is 12.3 Å². The number of aromatic nitrogens is 3. The molecule has 7 heteroatoms. The molecule has 1 unspecified atom stereocenters. The Morgan fingerprint density at radius 3 is 3.04 bits per heavy atom. The van der Waals surface area contributed by atoms with Crippen LogP contribution in [-0.2, 0) is 13.6 Å². The molecule has 6 nitrogen and oxygen atoms in total. The summed E-state index contributed by atoms with van der Waals surface area (Å²) < 4.78 is 3.66. The highest BCUT2D eigenvalue weighted by atomic mass is 32.2. The van der Waals surface area contributed by atoms with Crippen molar-refractivity contribution in [1.82, 2.24) is 19.0 Å². The lowest BCUT2D eigenvalue weighted by Gasteiger charge is -2.25. The predicted octanol–water partition coefficient (Wildman–Crippen LogP) is 1.66. The first-order valence-electron chi connectivity index (χ1n) is 7.81. The zero-order chi connectivity index (χ0) is 16.0. The summed E-state index contributed by atoms with van der Waals surface area (Å²) in [6.07, 6.45) is 5.32. The second-order valence-corrected chi connectivity index (χ2v) is 7.02. The van der Waals surface area contributed by atoms with Crippen molar-refractivity contribution in [2.45, 2.75) is 30.6 Å².